The van der Waals surface area contributed by atoms with Crippen LogP contribution in [0, 0.1) is 0 Å². The van der Waals surface area contributed by atoms with E-state index in [0.29, 0.717) is 18.0 Å². The monoisotopic (exact) mass is 343 g/mol. The quantitative estimate of drug-likeness (QED) is 0.798. The van der Waals surface area contributed by atoms with E-state index in [1.165, 1.54) is 0 Å². The van der Waals surface area contributed by atoms with E-state index in [9.17, 15) is 13.2 Å². The molecule has 0 aliphatic carbocycles. The number of carbonyl (C=O) groups excluding carboxylic acids is 1. The minimum atomic E-state index is -3.00. The molecule has 6 heteroatoms. The summed E-state index contributed by atoms with van der Waals surface area (Å²) in [5, 5.41) is 0.574. The molecule has 1 heterocycles. The van der Waals surface area contributed by atoms with Crippen LogP contribution in [0.15, 0.2) is 24.3 Å². The maximum Gasteiger partial charge on any atom is 0.227 e. The maximum absolute atomic E-state index is 12.6. The highest BCUT2D eigenvalue weighted by Gasteiger charge is 2.34. The number of amides is 1. The van der Waals surface area contributed by atoms with Gasteiger partial charge >= 0.3 is 0 Å². The van der Waals surface area contributed by atoms with E-state index in [0.717, 1.165) is 18.4 Å². The van der Waals surface area contributed by atoms with Crippen molar-refractivity contribution in [3.63, 3.8) is 0 Å². The second-order valence-electron chi connectivity index (χ2n) is 5.77. The van der Waals surface area contributed by atoms with Crippen molar-refractivity contribution in [2.75, 3.05) is 18.1 Å². The van der Waals surface area contributed by atoms with E-state index in [-0.39, 0.29) is 29.9 Å². The summed E-state index contributed by atoms with van der Waals surface area (Å²) in [6.07, 6.45) is 2.61. The third-order valence-electron chi connectivity index (χ3n) is 4.02. The Morgan fingerprint density at radius 2 is 2.09 bits per heavy atom. The van der Waals surface area contributed by atoms with Crippen LogP contribution in [0.1, 0.15) is 31.7 Å². The summed E-state index contributed by atoms with van der Waals surface area (Å²) in [7, 11) is -3.00. The van der Waals surface area contributed by atoms with Gasteiger partial charge in [0.05, 0.1) is 17.9 Å². The SMILES string of the molecule is CCCCN(C(=O)Cc1ccccc1Cl)C1CCS(=O)(=O)C1. The van der Waals surface area contributed by atoms with Gasteiger partial charge in [0.2, 0.25) is 5.91 Å². The number of unbranched alkanes of at least 4 members (excludes halogenated alkanes) is 1. The minimum Gasteiger partial charge on any atom is -0.338 e. The first-order chi connectivity index (χ1) is 10.4. The molecule has 0 spiro atoms. The number of hydrogen-bond acceptors (Lipinski definition) is 3. The van der Waals surface area contributed by atoms with Crippen LogP contribution >= 0.6 is 11.6 Å². The first-order valence-electron chi connectivity index (χ1n) is 7.66. The Morgan fingerprint density at radius 3 is 2.68 bits per heavy atom. The fourth-order valence-electron chi connectivity index (χ4n) is 2.77. The Balaban J connectivity index is 2.11. The van der Waals surface area contributed by atoms with Crippen LogP contribution in [0.4, 0.5) is 0 Å². The van der Waals surface area contributed by atoms with Crippen LogP contribution in [0.5, 0.6) is 0 Å². The predicted octanol–water partition coefficient (Wildman–Crippen LogP) is 2.70. The molecule has 1 aromatic rings. The molecule has 1 aromatic carbocycles. The molecular weight excluding hydrogens is 322 g/mol. The third-order valence-corrected chi connectivity index (χ3v) is 6.14. The number of carbonyl (C=O) groups is 1. The summed E-state index contributed by atoms with van der Waals surface area (Å²) in [5.74, 6) is 0.230. The molecule has 0 aromatic heterocycles. The zero-order valence-electron chi connectivity index (χ0n) is 12.8. The van der Waals surface area contributed by atoms with E-state index in [2.05, 4.69) is 6.92 Å². The van der Waals surface area contributed by atoms with E-state index >= 15 is 0 Å². The zero-order chi connectivity index (χ0) is 16.2. The number of sulfone groups is 1. The van der Waals surface area contributed by atoms with Gasteiger partial charge in [-0.1, -0.05) is 43.1 Å². The molecule has 2 rings (SSSR count). The lowest BCUT2D eigenvalue weighted by atomic mass is 10.1. The normalized spacial score (nSPS) is 20.0. The number of benzene rings is 1. The first-order valence-corrected chi connectivity index (χ1v) is 9.86. The van der Waals surface area contributed by atoms with Gasteiger partial charge in [-0.25, -0.2) is 8.42 Å². The number of halogens is 1. The third kappa shape index (κ3) is 4.46. The Kier molecular flexibility index (Phi) is 5.87. The zero-order valence-corrected chi connectivity index (χ0v) is 14.4. The van der Waals surface area contributed by atoms with Crippen molar-refractivity contribution < 1.29 is 13.2 Å². The number of nitrogens with zero attached hydrogens (tertiary/aromatic N) is 1. The molecule has 4 nitrogen and oxygen atoms in total. The molecule has 1 fully saturated rings. The van der Waals surface area contributed by atoms with E-state index < -0.39 is 9.84 Å². The van der Waals surface area contributed by atoms with Gasteiger partial charge in [0.1, 0.15) is 0 Å². The fourth-order valence-corrected chi connectivity index (χ4v) is 4.70. The van der Waals surface area contributed by atoms with Crippen molar-refractivity contribution in [2.45, 2.75) is 38.6 Å². The van der Waals surface area contributed by atoms with Gasteiger partial charge in [0.15, 0.2) is 9.84 Å². The predicted molar refractivity (Wildman–Crippen MR) is 88.8 cm³/mol. The van der Waals surface area contributed by atoms with Crippen molar-refractivity contribution in [1.29, 1.82) is 0 Å². The Morgan fingerprint density at radius 1 is 1.36 bits per heavy atom. The fraction of sp³-hybridized carbons (Fsp3) is 0.562. The molecule has 1 aliphatic rings. The number of hydrogen-bond donors (Lipinski definition) is 0. The summed E-state index contributed by atoms with van der Waals surface area (Å²) >= 11 is 6.12. The van der Waals surface area contributed by atoms with E-state index in [1.54, 1.807) is 11.0 Å². The first kappa shape index (κ1) is 17.3. The topological polar surface area (TPSA) is 54.5 Å². The molecule has 22 heavy (non-hydrogen) atoms. The Hall–Kier alpha value is -1.07. The summed E-state index contributed by atoms with van der Waals surface area (Å²) in [4.78, 5) is 14.4. The highest BCUT2D eigenvalue weighted by atomic mass is 35.5. The van der Waals surface area contributed by atoms with Crippen LogP contribution in [-0.2, 0) is 21.1 Å². The van der Waals surface area contributed by atoms with Gasteiger partial charge in [-0.15, -0.1) is 0 Å². The van der Waals surface area contributed by atoms with Crippen molar-refractivity contribution >= 4 is 27.3 Å². The summed E-state index contributed by atoms with van der Waals surface area (Å²) in [5.41, 5.74) is 0.788. The average Bonchev–Trinajstić information content (AvgIpc) is 2.82. The molecule has 0 saturated carbocycles. The molecule has 1 atom stereocenters. The van der Waals surface area contributed by atoms with Crippen LogP contribution in [0.25, 0.3) is 0 Å². The second-order valence-corrected chi connectivity index (χ2v) is 8.40. The van der Waals surface area contributed by atoms with Crippen molar-refractivity contribution in [3.8, 4) is 0 Å². The van der Waals surface area contributed by atoms with Gasteiger partial charge in [-0.3, -0.25) is 4.79 Å². The van der Waals surface area contributed by atoms with Crippen molar-refractivity contribution in [1.82, 2.24) is 4.90 Å². The number of rotatable bonds is 6. The Bertz CT molecular complexity index is 630. The molecule has 1 amide bonds. The highest BCUT2D eigenvalue weighted by Crippen LogP contribution is 2.21. The van der Waals surface area contributed by atoms with Crippen LogP contribution in [0.3, 0.4) is 0 Å². The molecule has 1 aliphatic heterocycles. The molecule has 1 saturated heterocycles. The Labute approximate surface area is 137 Å². The maximum atomic E-state index is 12.6. The van der Waals surface area contributed by atoms with Crippen molar-refractivity contribution in [3.05, 3.63) is 34.9 Å². The largest absolute Gasteiger partial charge is 0.338 e. The van der Waals surface area contributed by atoms with Crippen LogP contribution in [0.2, 0.25) is 5.02 Å². The smallest absolute Gasteiger partial charge is 0.227 e. The molecule has 0 N–H and O–H groups in total. The van der Waals surface area contributed by atoms with E-state index in [4.69, 9.17) is 11.6 Å². The lowest BCUT2D eigenvalue weighted by Gasteiger charge is -2.28. The lowest BCUT2D eigenvalue weighted by molar-refractivity contribution is -0.132. The summed E-state index contributed by atoms with van der Waals surface area (Å²) in [6.45, 7) is 2.67. The molecule has 0 bridgehead atoms. The molecule has 122 valence electrons. The summed E-state index contributed by atoms with van der Waals surface area (Å²) in [6, 6.07) is 7.09. The van der Waals surface area contributed by atoms with Crippen LogP contribution < -0.4 is 0 Å². The molecule has 1 unspecified atom stereocenters. The standard InChI is InChI=1S/C16H22ClNO3S/c1-2-3-9-18(14-8-10-22(20,21)12-14)16(19)11-13-6-4-5-7-15(13)17/h4-7,14H,2-3,8-12H2,1H3. The van der Waals surface area contributed by atoms with Crippen LogP contribution in [-0.4, -0.2) is 43.3 Å². The van der Waals surface area contributed by atoms with Crippen molar-refractivity contribution in [2.24, 2.45) is 0 Å². The minimum absolute atomic E-state index is 0.0383. The molecule has 0 radical (unpaired) electrons. The van der Waals surface area contributed by atoms with Gasteiger partial charge in [-0.05, 0) is 24.5 Å². The second kappa shape index (κ2) is 7.47. The van der Waals surface area contributed by atoms with Gasteiger partial charge in [-0.2, -0.15) is 0 Å². The van der Waals surface area contributed by atoms with E-state index in [1.807, 2.05) is 18.2 Å². The average molecular weight is 344 g/mol. The highest BCUT2D eigenvalue weighted by molar-refractivity contribution is 7.91. The van der Waals surface area contributed by atoms with Gasteiger partial charge in [0.25, 0.3) is 0 Å². The van der Waals surface area contributed by atoms with Gasteiger partial charge < -0.3 is 4.90 Å². The van der Waals surface area contributed by atoms with Gasteiger partial charge in [0, 0.05) is 17.6 Å². The molecular formula is C16H22ClNO3S. The lowest BCUT2D eigenvalue weighted by Crippen LogP contribution is -2.42. The summed E-state index contributed by atoms with van der Waals surface area (Å²) < 4.78 is 23.4.